The normalized spacial score (nSPS) is 10.5. The van der Waals surface area contributed by atoms with Gasteiger partial charge in [0.2, 0.25) is 0 Å². The van der Waals surface area contributed by atoms with Gasteiger partial charge in [-0.1, -0.05) is 291 Å². The van der Waals surface area contributed by atoms with Crippen molar-refractivity contribution in [1.82, 2.24) is 0 Å². The van der Waals surface area contributed by atoms with E-state index in [1.54, 1.807) is 36.4 Å². The van der Waals surface area contributed by atoms with E-state index in [2.05, 4.69) is 120 Å². The van der Waals surface area contributed by atoms with E-state index in [0.717, 1.165) is 102 Å². The molecule has 0 fully saturated rings. The fourth-order valence-electron chi connectivity index (χ4n) is 17.6. The second-order valence-corrected chi connectivity index (χ2v) is 32.0. The third-order valence-corrected chi connectivity index (χ3v) is 23.8. The van der Waals surface area contributed by atoms with Gasteiger partial charge in [-0.15, -0.1) is 0 Å². The number of hydrogen-bond acceptors (Lipinski definition) is 10. The summed E-state index contributed by atoms with van der Waals surface area (Å²) in [6, 6.07) is 173. The summed E-state index contributed by atoms with van der Waals surface area (Å²) in [5.74, 6) is -2.97. The van der Waals surface area contributed by atoms with Crippen LogP contribution >= 0.6 is 0 Å². The van der Waals surface area contributed by atoms with Crippen LogP contribution in [-0.4, -0.2) is 0 Å². The van der Waals surface area contributed by atoms with Crippen molar-refractivity contribution in [1.29, 1.82) is 21.0 Å². The Labute approximate surface area is 845 Å². The van der Waals surface area contributed by atoms with Crippen LogP contribution in [0.15, 0.2) is 510 Å². The summed E-state index contributed by atoms with van der Waals surface area (Å²) in [4.78, 5) is 12.7. The van der Waals surface area contributed by atoms with Crippen molar-refractivity contribution in [3.8, 4) is 85.0 Å². The average Bonchev–Trinajstić information content (AvgIpc) is 0.737. The summed E-state index contributed by atoms with van der Waals surface area (Å²) in [5.41, 5.74) is 20.4. The molecule has 0 radical (unpaired) electrons. The van der Waals surface area contributed by atoms with Crippen LogP contribution in [0.2, 0.25) is 0 Å². The molecule has 0 bridgehead atoms. The van der Waals surface area contributed by atoms with E-state index in [4.69, 9.17) is 11.8 Å². The van der Waals surface area contributed by atoms with Crippen LogP contribution in [0.1, 0.15) is 16.7 Å². The summed E-state index contributed by atoms with van der Waals surface area (Å²) in [5, 5.41) is 40.2. The van der Waals surface area contributed by atoms with E-state index in [-0.39, 0.29) is 101 Å². The zero-order chi connectivity index (χ0) is 93.8. The van der Waals surface area contributed by atoms with E-state index in [0.29, 0.717) is 33.4 Å². The maximum absolute atomic E-state index is 17.5. The molecule has 652 valence electrons. The van der Waals surface area contributed by atoms with Gasteiger partial charge in [-0.3, -0.25) is 0 Å². The van der Waals surface area contributed by atoms with Crippen molar-refractivity contribution in [3.63, 3.8) is 0 Å². The van der Waals surface area contributed by atoms with Crippen LogP contribution in [0, 0.1) is 63.3 Å². The number of nitriles is 3. The Hall–Kier alpha value is -17.4. The van der Waals surface area contributed by atoms with Gasteiger partial charge in [0.05, 0.1) is 33.4 Å². The maximum atomic E-state index is 17.5. The molecule has 0 amide bonds. The van der Waals surface area contributed by atoms with Gasteiger partial charge in [0, 0.05) is 119 Å². The molecular weight excluding hydrogens is 1730 g/mol. The quantitative estimate of drug-likeness (QED) is 0.0428. The van der Waals surface area contributed by atoms with E-state index >= 15 is 13.2 Å². The predicted molar refractivity (Wildman–Crippen MR) is 553 cm³/mol. The fourth-order valence-corrected chi connectivity index (χ4v) is 17.6. The molecule has 20 aromatic carbocycles. The molecule has 0 aliphatic carbocycles. The van der Waals surface area contributed by atoms with Crippen LogP contribution < -0.4 is 80.8 Å². The first-order chi connectivity index (χ1) is 67.7. The number of anilines is 18. The zero-order valence-electron chi connectivity index (χ0n) is 75.1. The average molecular weight is 1810 g/mol. The number of hydrogen-bond donors (Lipinski definition) is 0. The van der Waals surface area contributed by atoms with Gasteiger partial charge in [-0.05, 0) is 252 Å². The first-order valence-corrected chi connectivity index (χ1v) is 44.6. The van der Waals surface area contributed by atoms with Crippen molar-refractivity contribution >= 4 is 102 Å². The largest absolute Gasteiger partial charge is 1.00 e. The van der Waals surface area contributed by atoms with E-state index in [9.17, 15) is 15.8 Å². The Morgan fingerprint density at radius 2 is 0.239 bits per heavy atom. The molecule has 20 aromatic rings. The van der Waals surface area contributed by atoms with Crippen LogP contribution in [-0.2, 0) is 0 Å². The Morgan fingerprint density at radius 3 is 0.341 bits per heavy atom. The number of benzene rings is 20. The number of halogens is 3. The molecule has 0 atom stereocenters. The van der Waals surface area contributed by atoms with Crippen molar-refractivity contribution in [2.75, 3.05) is 29.4 Å². The van der Waals surface area contributed by atoms with Gasteiger partial charge in [-0.2, -0.15) is 15.8 Å². The van der Waals surface area contributed by atoms with Crippen molar-refractivity contribution in [3.05, 3.63) is 550 Å². The third-order valence-electron chi connectivity index (χ3n) is 23.8. The van der Waals surface area contributed by atoms with Gasteiger partial charge in [0.25, 0.3) is 0 Å². The predicted octanol–water partition coefficient (Wildman–Crippen LogP) is 31.3. The molecule has 0 saturated carbocycles. The van der Waals surface area contributed by atoms with Crippen LogP contribution in [0.5, 0.6) is 0 Å². The van der Waals surface area contributed by atoms with Gasteiger partial charge < -0.3 is 41.2 Å². The van der Waals surface area contributed by atoms with Crippen LogP contribution in [0.4, 0.5) is 116 Å². The summed E-state index contributed by atoms with van der Waals surface area (Å²) < 4.78 is 52.4. The minimum atomic E-state index is -0.990. The van der Waals surface area contributed by atoms with Crippen molar-refractivity contribution in [2.45, 2.75) is 0 Å². The molecule has 0 spiro atoms. The smallest absolute Gasteiger partial charge is 0.512 e. The van der Waals surface area contributed by atoms with E-state index in [1.165, 1.54) is 0 Å². The maximum Gasteiger partial charge on any atom is 1.00 e. The van der Waals surface area contributed by atoms with E-state index < -0.39 is 17.5 Å². The Morgan fingerprint density at radius 1 is 0.145 bits per heavy atom. The second-order valence-electron chi connectivity index (χ2n) is 32.0. The second kappa shape index (κ2) is 44.0. The molecule has 0 N–H and O–H groups in total. The Kier molecular flexibility index (Phi) is 29.4. The van der Waals surface area contributed by atoms with E-state index in [1.807, 2.05) is 400 Å². The van der Waals surface area contributed by atoms with Crippen LogP contribution in [0.25, 0.3) is 66.8 Å². The first kappa shape index (κ1) is 92.4. The van der Waals surface area contributed by atoms with Crippen molar-refractivity contribution in [2.24, 2.45) is 0 Å². The fraction of sp³-hybridized carbons (Fsp3) is 0. The zero-order valence-corrected chi connectivity index (χ0v) is 78.2. The molecule has 0 unspecified atom stereocenters. The summed E-state index contributed by atoms with van der Waals surface area (Å²) >= 11 is 0. The molecule has 0 saturated heterocycles. The van der Waals surface area contributed by atoms with Crippen molar-refractivity contribution < 1.29 is 64.6 Å². The summed E-state index contributed by atoms with van der Waals surface area (Å²) in [7, 11) is 0. The monoisotopic (exact) mass is 1810 g/mol. The van der Waals surface area contributed by atoms with Gasteiger partial charge in [0.1, 0.15) is 35.7 Å². The molecule has 14 heteroatoms. The molecule has 20 rings (SSSR count). The first-order valence-electron chi connectivity index (χ1n) is 44.6. The third kappa shape index (κ3) is 19.7. The molecule has 0 aliphatic rings. The standard InChI is InChI=1S/C63H42N6.C60H42F3N3.CN.K/c64-43-58-61(46-31-37-55(38-32-46)67(49-19-7-1-8-20-49)50-21-9-2-10-22-50)59(44-65)63(48-35-41-57(42-36-48)69(53-27-15-5-16-28-53)54-29-17-6-18-30-54)60(45-66)62(58)47-33-39-56(40-34-47)68(51-23-11-3-12-24-51)52-25-13-4-14-26-52;61-58-55(43-31-37-52(38-32-43)64(46-19-7-1-8-20-46)47-21-9-2-10-22-47)59(62)57(45-35-41-54(42-36-45)66(50-27-15-5-16-28-50)51-29-17-6-18-30-51)60(63)56(58)44-33-39-53(40-34-44)65(48-23-11-3-12-24-48)49-25-13-4-14-26-49;1-2;/h1-42H;1-42H;;/q;;-1;+1. The summed E-state index contributed by atoms with van der Waals surface area (Å²) in [6.45, 7) is 4.75. The molecule has 0 aromatic heterocycles. The minimum Gasteiger partial charge on any atom is -0.512 e. The number of rotatable bonds is 24. The molecule has 10 nitrogen and oxygen atoms in total. The molecule has 138 heavy (non-hydrogen) atoms. The van der Waals surface area contributed by atoms with Gasteiger partial charge >= 0.3 is 51.4 Å². The van der Waals surface area contributed by atoms with Gasteiger partial charge in [-0.25, -0.2) is 13.2 Å². The van der Waals surface area contributed by atoms with Gasteiger partial charge in [0.15, 0.2) is 0 Å². The van der Waals surface area contributed by atoms with Crippen LogP contribution in [0.3, 0.4) is 0 Å². The molecule has 0 aliphatic heterocycles. The number of nitrogens with zero attached hydrogens (tertiary/aromatic N) is 10. The Bertz CT molecular complexity index is 6630. The molecular formula is C124H84F3KN10. The number of para-hydroxylation sites is 12. The topological polar surface area (TPSA) is 115 Å². The SMILES string of the molecule is Fc1c(-c2ccc(N(c3ccccc3)c3ccccc3)cc2)c(F)c(-c2ccc(N(c3ccccc3)c3ccccc3)cc2)c(F)c1-c1ccc(N(c2ccccc2)c2ccccc2)cc1.N#Cc1c(-c2ccc(N(c3ccccc3)c3ccccc3)cc2)c(C#N)c(-c2ccc(N(c3ccccc3)c3ccccc3)cc2)c(C#N)c1-c1ccc(N(c2ccccc2)c2ccccc2)cc1.[C-]#N.[K+]. The molecule has 0 heterocycles. The Balaban J connectivity index is 0.000000186. The minimum absolute atomic E-state index is 0. The summed E-state index contributed by atoms with van der Waals surface area (Å²) in [6.07, 6.45) is 0.